The van der Waals surface area contributed by atoms with Gasteiger partial charge in [0.2, 0.25) is 0 Å². The molecule has 0 radical (unpaired) electrons. The lowest BCUT2D eigenvalue weighted by Gasteiger charge is -2.05. The van der Waals surface area contributed by atoms with Crippen LogP contribution in [0.15, 0.2) is 10.1 Å². The van der Waals surface area contributed by atoms with Crippen LogP contribution in [-0.2, 0) is 4.79 Å². The van der Waals surface area contributed by atoms with Crippen molar-refractivity contribution in [2.45, 2.75) is 39.5 Å². The second kappa shape index (κ2) is 4.22. The van der Waals surface area contributed by atoms with Crippen molar-refractivity contribution < 1.29 is 4.79 Å². The molecule has 1 rings (SSSR count). The van der Waals surface area contributed by atoms with Gasteiger partial charge in [0.25, 0.3) is 0 Å². The number of ketones is 1. The highest BCUT2D eigenvalue weighted by Gasteiger charge is 2.16. The third-order valence-electron chi connectivity index (χ3n) is 2.40. The maximum absolute atomic E-state index is 11.2. The molecule has 0 aromatic rings. The molecule has 2 heteroatoms. The number of rotatable bonds is 1. The van der Waals surface area contributed by atoms with Crippen LogP contribution in [-0.4, -0.2) is 5.78 Å². The van der Waals surface area contributed by atoms with Crippen molar-refractivity contribution in [3.63, 3.8) is 0 Å². The van der Waals surface area contributed by atoms with Crippen LogP contribution < -0.4 is 0 Å². The summed E-state index contributed by atoms with van der Waals surface area (Å²) in [4.78, 5) is 11.2. The van der Waals surface area contributed by atoms with Crippen LogP contribution in [0.5, 0.6) is 0 Å². The standard InChI is InChI=1S/C10H15BrO/c1-7-4-3-5-9(8(2)12)10(11)6-7/h7H,3-6H2,1-2H3. The van der Waals surface area contributed by atoms with E-state index in [0.717, 1.165) is 35.2 Å². The van der Waals surface area contributed by atoms with Gasteiger partial charge in [-0.15, -0.1) is 0 Å². The molecule has 0 bridgehead atoms. The summed E-state index contributed by atoms with van der Waals surface area (Å²) in [5.41, 5.74) is 1.01. The maximum Gasteiger partial charge on any atom is 0.156 e. The topological polar surface area (TPSA) is 17.1 Å². The fourth-order valence-corrected chi connectivity index (χ4v) is 2.69. The van der Waals surface area contributed by atoms with E-state index in [0.29, 0.717) is 0 Å². The van der Waals surface area contributed by atoms with E-state index in [1.807, 2.05) is 0 Å². The number of carbonyl (C=O) groups is 1. The summed E-state index contributed by atoms with van der Waals surface area (Å²) in [7, 11) is 0. The van der Waals surface area contributed by atoms with Crippen molar-refractivity contribution in [3.8, 4) is 0 Å². The van der Waals surface area contributed by atoms with E-state index in [2.05, 4.69) is 22.9 Å². The predicted octanol–water partition coefficient (Wildman–Crippen LogP) is 3.43. The smallest absolute Gasteiger partial charge is 0.156 e. The van der Waals surface area contributed by atoms with Crippen molar-refractivity contribution >= 4 is 21.7 Å². The zero-order chi connectivity index (χ0) is 9.14. The van der Waals surface area contributed by atoms with Crippen LogP contribution in [0.4, 0.5) is 0 Å². The molecule has 0 aromatic carbocycles. The third-order valence-corrected chi connectivity index (χ3v) is 3.21. The minimum atomic E-state index is 0.232. The first-order chi connectivity index (χ1) is 5.61. The van der Waals surface area contributed by atoms with E-state index in [4.69, 9.17) is 0 Å². The summed E-state index contributed by atoms with van der Waals surface area (Å²) in [6, 6.07) is 0. The molecule has 1 unspecified atom stereocenters. The molecule has 0 saturated carbocycles. The quantitative estimate of drug-likeness (QED) is 0.675. The van der Waals surface area contributed by atoms with E-state index in [-0.39, 0.29) is 5.78 Å². The van der Waals surface area contributed by atoms with Gasteiger partial charge in [0.1, 0.15) is 0 Å². The number of carbonyl (C=O) groups excluding carboxylic acids is 1. The van der Waals surface area contributed by atoms with Gasteiger partial charge in [-0.05, 0) is 32.1 Å². The molecule has 0 N–H and O–H groups in total. The summed E-state index contributed by atoms with van der Waals surface area (Å²) in [6.45, 7) is 3.90. The Balaban J connectivity index is 2.79. The third kappa shape index (κ3) is 2.44. The van der Waals surface area contributed by atoms with E-state index >= 15 is 0 Å². The Labute approximate surface area is 82.4 Å². The molecule has 0 fully saturated rings. The van der Waals surface area contributed by atoms with Gasteiger partial charge in [0.15, 0.2) is 5.78 Å². The second-order valence-electron chi connectivity index (χ2n) is 3.64. The molecule has 0 aliphatic heterocycles. The molecule has 0 heterocycles. The van der Waals surface area contributed by atoms with E-state index < -0.39 is 0 Å². The van der Waals surface area contributed by atoms with Crippen molar-refractivity contribution in [1.82, 2.24) is 0 Å². The van der Waals surface area contributed by atoms with Crippen LogP contribution >= 0.6 is 15.9 Å². The van der Waals surface area contributed by atoms with Crippen LogP contribution in [0.1, 0.15) is 39.5 Å². The Bertz CT molecular complexity index is 218. The number of Topliss-reactive ketones (excluding diaryl/α,β-unsaturated/α-hetero) is 1. The molecule has 68 valence electrons. The van der Waals surface area contributed by atoms with Gasteiger partial charge in [-0.25, -0.2) is 0 Å². The average molecular weight is 231 g/mol. The summed E-state index contributed by atoms with van der Waals surface area (Å²) in [6.07, 6.45) is 4.40. The Morgan fingerprint density at radius 3 is 2.83 bits per heavy atom. The average Bonchev–Trinajstić information content (AvgIpc) is 2.10. The number of halogens is 1. The molecule has 0 amide bonds. The molecule has 1 aliphatic rings. The van der Waals surface area contributed by atoms with Crippen LogP contribution in [0.2, 0.25) is 0 Å². The Kier molecular flexibility index (Phi) is 3.51. The van der Waals surface area contributed by atoms with Crippen LogP contribution in [0.3, 0.4) is 0 Å². The SMILES string of the molecule is CC(=O)C1=C(Br)CC(C)CCC1. The van der Waals surface area contributed by atoms with Crippen molar-refractivity contribution in [1.29, 1.82) is 0 Å². The van der Waals surface area contributed by atoms with E-state index in [1.54, 1.807) is 6.92 Å². The highest BCUT2D eigenvalue weighted by Crippen LogP contribution is 2.31. The molecular formula is C10H15BrO. The molecule has 0 aromatic heterocycles. The normalized spacial score (nSPS) is 25.4. The van der Waals surface area contributed by atoms with Gasteiger partial charge < -0.3 is 0 Å². The number of hydrogen-bond acceptors (Lipinski definition) is 1. The lowest BCUT2D eigenvalue weighted by atomic mass is 10.0. The van der Waals surface area contributed by atoms with E-state index in [1.165, 1.54) is 6.42 Å². The summed E-state index contributed by atoms with van der Waals surface area (Å²) >= 11 is 3.50. The first kappa shape index (κ1) is 9.97. The predicted molar refractivity (Wildman–Crippen MR) is 54.3 cm³/mol. The van der Waals surface area contributed by atoms with Gasteiger partial charge in [0, 0.05) is 10.1 Å². The molecule has 1 atom stereocenters. The fraction of sp³-hybridized carbons (Fsp3) is 0.700. The minimum Gasteiger partial charge on any atom is -0.295 e. The minimum absolute atomic E-state index is 0.232. The molecule has 1 aliphatic carbocycles. The highest BCUT2D eigenvalue weighted by atomic mass is 79.9. The second-order valence-corrected chi connectivity index (χ2v) is 4.60. The Morgan fingerprint density at radius 2 is 2.25 bits per heavy atom. The summed E-state index contributed by atoms with van der Waals surface area (Å²) < 4.78 is 1.14. The monoisotopic (exact) mass is 230 g/mol. The summed E-state index contributed by atoms with van der Waals surface area (Å²) in [5, 5.41) is 0. The van der Waals surface area contributed by atoms with Gasteiger partial charge >= 0.3 is 0 Å². The van der Waals surface area contributed by atoms with Crippen molar-refractivity contribution in [3.05, 3.63) is 10.1 Å². The zero-order valence-electron chi connectivity index (χ0n) is 7.69. The van der Waals surface area contributed by atoms with Gasteiger partial charge in [-0.2, -0.15) is 0 Å². The van der Waals surface area contributed by atoms with Crippen molar-refractivity contribution in [2.75, 3.05) is 0 Å². The lowest BCUT2D eigenvalue weighted by Crippen LogP contribution is -1.97. The van der Waals surface area contributed by atoms with Gasteiger partial charge in [-0.3, -0.25) is 4.79 Å². The molecule has 0 spiro atoms. The summed E-state index contributed by atoms with van der Waals surface area (Å²) in [5.74, 6) is 0.951. The van der Waals surface area contributed by atoms with Crippen LogP contribution in [0, 0.1) is 5.92 Å². The first-order valence-electron chi connectivity index (χ1n) is 4.49. The number of hydrogen-bond donors (Lipinski definition) is 0. The first-order valence-corrected chi connectivity index (χ1v) is 5.29. The lowest BCUT2D eigenvalue weighted by molar-refractivity contribution is -0.113. The fourth-order valence-electron chi connectivity index (χ4n) is 1.66. The zero-order valence-corrected chi connectivity index (χ0v) is 9.28. The highest BCUT2D eigenvalue weighted by molar-refractivity contribution is 9.11. The van der Waals surface area contributed by atoms with Crippen molar-refractivity contribution in [2.24, 2.45) is 5.92 Å². The maximum atomic E-state index is 11.2. The molecule has 0 saturated heterocycles. The molecule has 1 nitrogen and oxygen atoms in total. The molecular weight excluding hydrogens is 216 g/mol. The van der Waals surface area contributed by atoms with Gasteiger partial charge in [-0.1, -0.05) is 29.3 Å². The Hall–Kier alpha value is -0.110. The molecule has 12 heavy (non-hydrogen) atoms. The largest absolute Gasteiger partial charge is 0.295 e. The van der Waals surface area contributed by atoms with E-state index in [9.17, 15) is 4.79 Å². The van der Waals surface area contributed by atoms with Gasteiger partial charge in [0.05, 0.1) is 0 Å². The van der Waals surface area contributed by atoms with Crippen LogP contribution in [0.25, 0.3) is 0 Å². The Morgan fingerprint density at radius 1 is 1.58 bits per heavy atom. The number of allylic oxidation sites excluding steroid dienone is 2.